The highest BCUT2D eigenvalue weighted by Crippen LogP contribution is 2.13. The number of likely N-dealkylation sites (tertiary alicyclic amines) is 1. The molecule has 0 aliphatic carbocycles. The van der Waals surface area contributed by atoms with Gasteiger partial charge in [-0.1, -0.05) is 6.07 Å². The molecule has 122 valence electrons. The highest BCUT2D eigenvalue weighted by molar-refractivity contribution is 7.09. The Morgan fingerprint density at radius 2 is 2.00 bits per heavy atom. The molecule has 5 nitrogen and oxygen atoms in total. The molecule has 0 radical (unpaired) electrons. The number of guanidine groups is 1. The average Bonchev–Trinajstić information content (AvgIpc) is 3.00. The molecule has 1 aromatic rings. The van der Waals surface area contributed by atoms with Crippen LogP contribution < -0.4 is 5.32 Å². The summed E-state index contributed by atoms with van der Waals surface area (Å²) < 4.78 is 0. The van der Waals surface area contributed by atoms with Crippen molar-refractivity contribution in [3.8, 4) is 0 Å². The first kappa shape index (κ1) is 15.8. The van der Waals surface area contributed by atoms with Gasteiger partial charge in [-0.3, -0.25) is 9.89 Å². The lowest BCUT2D eigenvalue weighted by atomic mass is 10.2. The third kappa shape index (κ3) is 4.21. The van der Waals surface area contributed by atoms with Crippen LogP contribution in [0.1, 0.15) is 11.3 Å². The van der Waals surface area contributed by atoms with Crippen molar-refractivity contribution in [3.05, 3.63) is 22.4 Å². The third-order valence-corrected chi connectivity index (χ3v) is 5.36. The van der Waals surface area contributed by atoms with Gasteiger partial charge in [0, 0.05) is 57.7 Å². The van der Waals surface area contributed by atoms with Crippen LogP contribution in [0.5, 0.6) is 0 Å². The Hall–Kier alpha value is -1.11. The Morgan fingerprint density at radius 3 is 2.59 bits per heavy atom. The minimum atomic E-state index is 1.00. The van der Waals surface area contributed by atoms with Gasteiger partial charge < -0.3 is 15.1 Å². The number of rotatable bonds is 5. The van der Waals surface area contributed by atoms with Gasteiger partial charge >= 0.3 is 0 Å². The van der Waals surface area contributed by atoms with Crippen LogP contribution in [0, 0.1) is 0 Å². The van der Waals surface area contributed by atoms with Crippen LogP contribution in [0.15, 0.2) is 22.5 Å². The predicted octanol–water partition coefficient (Wildman–Crippen LogP) is 1.15. The van der Waals surface area contributed by atoms with E-state index >= 15 is 0 Å². The zero-order valence-electron chi connectivity index (χ0n) is 13.5. The van der Waals surface area contributed by atoms with Crippen LogP contribution in [0.2, 0.25) is 0 Å². The number of hydrogen-bond donors (Lipinski definition) is 1. The monoisotopic (exact) mass is 321 g/mol. The number of piperazine rings is 1. The van der Waals surface area contributed by atoms with E-state index in [1.54, 1.807) is 0 Å². The van der Waals surface area contributed by atoms with Crippen LogP contribution in [0.25, 0.3) is 0 Å². The van der Waals surface area contributed by atoms with Crippen molar-refractivity contribution in [2.45, 2.75) is 13.0 Å². The zero-order chi connectivity index (χ0) is 15.2. The molecular weight excluding hydrogens is 294 g/mol. The topological polar surface area (TPSA) is 34.1 Å². The molecule has 1 N–H and O–H groups in total. The van der Waals surface area contributed by atoms with Crippen molar-refractivity contribution in [1.82, 2.24) is 20.0 Å². The largest absolute Gasteiger partial charge is 0.355 e. The second-order valence-corrected chi connectivity index (χ2v) is 7.04. The fourth-order valence-corrected chi connectivity index (χ4v) is 3.75. The first-order valence-corrected chi connectivity index (χ1v) is 9.16. The number of thiophene rings is 1. The fourth-order valence-electron chi connectivity index (χ4n) is 3.00. The molecule has 0 saturated carbocycles. The smallest absolute Gasteiger partial charge is 0.193 e. The maximum atomic E-state index is 4.45. The fraction of sp³-hybridized carbons (Fsp3) is 0.688. The normalized spacial score (nSPS) is 21.0. The molecule has 22 heavy (non-hydrogen) atoms. The van der Waals surface area contributed by atoms with E-state index in [0.29, 0.717) is 0 Å². The van der Waals surface area contributed by atoms with E-state index in [1.165, 1.54) is 24.4 Å². The van der Waals surface area contributed by atoms with E-state index in [2.05, 4.69) is 42.5 Å². The summed E-state index contributed by atoms with van der Waals surface area (Å²) in [7, 11) is 1.89. The van der Waals surface area contributed by atoms with Crippen LogP contribution in [0.4, 0.5) is 0 Å². The first-order valence-electron chi connectivity index (χ1n) is 8.28. The molecular formula is C16H27N5S. The Labute approximate surface area is 137 Å². The highest BCUT2D eigenvalue weighted by atomic mass is 32.1. The molecule has 2 aliphatic rings. The van der Waals surface area contributed by atoms with E-state index < -0.39 is 0 Å². The third-order valence-electron chi connectivity index (χ3n) is 4.50. The molecule has 0 bridgehead atoms. The van der Waals surface area contributed by atoms with E-state index in [1.807, 2.05) is 18.4 Å². The molecule has 2 aliphatic heterocycles. The van der Waals surface area contributed by atoms with Crippen LogP contribution in [0.3, 0.4) is 0 Å². The predicted molar refractivity (Wildman–Crippen MR) is 93.6 cm³/mol. The molecule has 6 heteroatoms. The lowest BCUT2D eigenvalue weighted by Crippen LogP contribution is -2.53. The van der Waals surface area contributed by atoms with E-state index in [-0.39, 0.29) is 0 Å². The average molecular weight is 321 g/mol. The van der Waals surface area contributed by atoms with Crippen molar-refractivity contribution in [2.24, 2.45) is 4.99 Å². The SMILES string of the molecule is CN=C(NCCN1CCC1)N1CCN(Cc2cccs2)CC1. The van der Waals surface area contributed by atoms with E-state index in [0.717, 1.165) is 51.8 Å². The maximum Gasteiger partial charge on any atom is 0.193 e. The summed E-state index contributed by atoms with van der Waals surface area (Å²) in [6.07, 6.45) is 1.36. The summed E-state index contributed by atoms with van der Waals surface area (Å²) in [6, 6.07) is 4.37. The molecule has 0 aromatic carbocycles. The lowest BCUT2D eigenvalue weighted by Gasteiger charge is -2.37. The Balaban J connectivity index is 1.38. The number of nitrogens with zero attached hydrogens (tertiary/aromatic N) is 4. The standard InChI is InChI=1S/C16H27N5S/c1-17-16(18-5-8-19-6-3-7-19)21-11-9-20(10-12-21)14-15-4-2-13-22-15/h2,4,13H,3,5-12,14H2,1H3,(H,17,18). The highest BCUT2D eigenvalue weighted by Gasteiger charge is 2.20. The van der Waals surface area contributed by atoms with Gasteiger partial charge in [-0.2, -0.15) is 0 Å². The maximum absolute atomic E-state index is 4.45. The quantitative estimate of drug-likeness (QED) is 0.652. The van der Waals surface area contributed by atoms with Gasteiger partial charge in [-0.15, -0.1) is 11.3 Å². The van der Waals surface area contributed by atoms with Crippen molar-refractivity contribution >= 4 is 17.3 Å². The summed E-state index contributed by atoms with van der Waals surface area (Å²) in [5, 5.41) is 5.68. The summed E-state index contributed by atoms with van der Waals surface area (Å²) in [4.78, 5) is 13.3. The second kappa shape index (κ2) is 7.94. The van der Waals surface area contributed by atoms with E-state index in [4.69, 9.17) is 0 Å². The van der Waals surface area contributed by atoms with Crippen LogP contribution in [-0.2, 0) is 6.54 Å². The number of nitrogens with one attached hydrogen (secondary N) is 1. The van der Waals surface area contributed by atoms with Gasteiger partial charge in [0.05, 0.1) is 0 Å². The van der Waals surface area contributed by atoms with Gasteiger partial charge in [0.2, 0.25) is 0 Å². The summed E-state index contributed by atoms with van der Waals surface area (Å²) >= 11 is 1.85. The van der Waals surface area contributed by atoms with Crippen molar-refractivity contribution in [2.75, 3.05) is 59.4 Å². The van der Waals surface area contributed by atoms with Gasteiger partial charge in [0.25, 0.3) is 0 Å². The molecule has 0 unspecified atom stereocenters. The summed E-state index contributed by atoms with van der Waals surface area (Å²) in [6.45, 7) is 10.1. The Morgan fingerprint density at radius 1 is 1.18 bits per heavy atom. The molecule has 0 amide bonds. The first-order chi connectivity index (χ1) is 10.8. The van der Waals surface area contributed by atoms with Gasteiger partial charge in [0.15, 0.2) is 5.96 Å². The molecule has 3 rings (SSSR count). The minimum Gasteiger partial charge on any atom is -0.355 e. The summed E-state index contributed by atoms with van der Waals surface area (Å²) in [5.41, 5.74) is 0. The van der Waals surface area contributed by atoms with Crippen molar-refractivity contribution in [3.63, 3.8) is 0 Å². The van der Waals surface area contributed by atoms with Crippen molar-refractivity contribution in [1.29, 1.82) is 0 Å². The van der Waals surface area contributed by atoms with Gasteiger partial charge in [0.1, 0.15) is 0 Å². The second-order valence-electron chi connectivity index (χ2n) is 6.01. The molecule has 2 saturated heterocycles. The van der Waals surface area contributed by atoms with Crippen LogP contribution in [-0.4, -0.2) is 80.1 Å². The van der Waals surface area contributed by atoms with Crippen LogP contribution >= 0.6 is 11.3 Å². The molecule has 1 aromatic heterocycles. The Kier molecular flexibility index (Phi) is 5.70. The minimum absolute atomic E-state index is 1.00. The molecule has 0 atom stereocenters. The molecule has 2 fully saturated rings. The molecule has 0 spiro atoms. The zero-order valence-corrected chi connectivity index (χ0v) is 14.3. The van der Waals surface area contributed by atoms with Gasteiger partial charge in [-0.25, -0.2) is 0 Å². The number of hydrogen-bond acceptors (Lipinski definition) is 4. The molecule has 3 heterocycles. The Bertz CT molecular complexity index is 461. The van der Waals surface area contributed by atoms with E-state index in [9.17, 15) is 0 Å². The van der Waals surface area contributed by atoms with Gasteiger partial charge in [-0.05, 0) is 31.0 Å². The summed E-state index contributed by atoms with van der Waals surface area (Å²) in [5.74, 6) is 1.07. The lowest BCUT2D eigenvalue weighted by molar-refractivity contribution is 0.170. The number of aliphatic imine (C=N–C) groups is 1. The van der Waals surface area contributed by atoms with Crippen molar-refractivity contribution < 1.29 is 0 Å².